The normalized spacial score (nSPS) is 16.1. The Bertz CT molecular complexity index is 549. The molecule has 1 heterocycles. The van der Waals surface area contributed by atoms with Crippen molar-refractivity contribution in [1.82, 2.24) is 4.98 Å². The number of pyridine rings is 1. The van der Waals surface area contributed by atoms with Gasteiger partial charge in [-0.05, 0) is 48.6 Å². The number of aromatic nitrogens is 1. The fourth-order valence-corrected chi connectivity index (χ4v) is 2.33. The second-order valence-electron chi connectivity index (χ2n) is 4.88. The second-order valence-corrected chi connectivity index (χ2v) is 5.27. The summed E-state index contributed by atoms with van der Waals surface area (Å²) in [4.78, 5) is 4.06. The molecule has 4 heteroatoms. The second kappa shape index (κ2) is 5.17. The molecule has 1 aliphatic carbocycles. The smallest absolute Gasteiger partial charge is 0.129 e. The van der Waals surface area contributed by atoms with Crippen molar-refractivity contribution in [2.75, 3.05) is 5.32 Å². The summed E-state index contributed by atoms with van der Waals surface area (Å²) in [5, 5.41) is 3.94. The van der Waals surface area contributed by atoms with Crippen LogP contribution in [0, 0.1) is 11.7 Å². The van der Waals surface area contributed by atoms with Crippen LogP contribution in [0.25, 0.3) is 0 Å². The van der Waals surface area contributed by atoms with Crippen LogP contribution in [0.3, 0.4) is 0 Å². The first kappa shape index (κ1) is 12.4. The molecule has 98 valence electrons. The van der Waals surface area contributed by atoms with Gasteiger partial charge in [0.15, 0.2) is 0 Å². The quantitative estimate of drug-likeness (QED) is 0.835. The Balaban J connectivity index is 1.81. The maximum Gasteiger partial charge on any atom is 0.129 e. The lowest BCUT2D eigenvalue weighted by atomic mass is 10.0. The van der Waals surface area contributed by atoms with Gasteiger partial charge in [0, 0.05) is 0 Å². The van der Waals surface area contributed by atoms with E-state index in [0.717, 1.165) is 11.3 Å². The van der Waals surface area contributed by atoms with E-state index in [4.69, 9.17) is 11.6 Å². The van der Waals surface area contributed by atoms with Crippen molar-refractivity contribution in [3.8, 4) is 0 Å². The number of hydrogen-bond donors (Lipinski definition) is 1. The monoisotopic (exact) mass is 276 g/mol. The van der Waals surface area contributed by atoms with Crippen molar-refractivity contribution in [1.29, 1.82) is 0 Å². The Morgan fingerprint density at radius 3 is 2.47 bits per heavy atom. The highest BCUT2D eigenvalue weighted by Gasteiger charge is 2.32. The molecule has 0 amide bonds. The van der Waals surface area contributed by atoms with Crippen LogP contribution in [0.2, 0.25) is 5.15 Å². The van der Waals surface area contributed by atoms with Gasteiger partial charge in [-0.3, -0.25) is 0 Å². The van der Waals surface area contributed by atoms with Gasteiger partial charge in [0.1, 0.15) is 11.0 Å². The molecule has 0 spiro atoms. The number of halogens is 2. The lowest BCUT2D eigenvalue weighted by Gasteiger charge is -2.20. The van der Waals surface area contributed by atoms with Crippen LogP contribution in [-0.2, 0) is 0 Å². The Morgan fingerprint density at radius 1 is 1.16 bits per heavy atom. The maximum atomic E-state index is 13.0. The molecule has 1 aromatic carbocycles. The van der Waals surface area contributed by atoms with E-state index in [1.807, 2.05) is 18.2 Å². The lowest BCUT2D eigenvalue weighted by Crippen LogP contribution is -2.13. The number of benzene rings is 1. The summed E-state index contributed by atoms with van der Waals surface area (Å²) in [6, 6.07) is 10.6. The summed E-state index contributed by atoms with van der Waals surface area (Å²) in [7, 11) is 0. The molecule has 1 N–H and O–H groups in total. The van der Waals surface area contributed by atoms with Crippen LogP contribution in [0.1, 0.15) is 24.4 Å². The molecule has 3 rings (SSSR count). The van der Waals surface area contributed by atoms with E-state index in [1.165, 1.54) is 25.0 Å². The molecule has 0 bridgehead atoms. The summed E-state index contributed by atoms with van der Waals surface area (Å²) < 4.78 is 13.0. The Labute approximate surface area is 116 Å². The fraction of sp³-hybridized carbons (Fsp3) is 0.267. The van der Waals surface area contributed by atoms with Gasteiger partial charge in [-0.25, -0.2) is 9.37 Å². The molecule has 0 radical (unpaired) electrons. The molecule has 0 aliphatic heterocycles. The Morgan fingerprint density at radius 2 is 1.89 bits per heavy atom. The highest BCUT2D eigenvalue weighted by atomic mass is 35.5. The van der Waals surface area contributed by atoms with Gasteiger partial charge in [-0.1, -0.05) is 23.7 Å². The van der Waals surface area contributed by atoms with Gasteiger partial charge in [-0.2, -0.15) is 0 Å². The van der Waals surface area contributed by atoms with Gasteiger partial charge in [0.25, 0.3) is 0 Å². The summed E-state index contributed by atoms with van der Waals surface area (Å²) in [5.41, 5.74) is 2.05. The minimum Gasteiger partial charge on any atom is -0.377 e. The molecule has 0 saturated heterocycles. The van der Waals surface area contributed by atoms with E-state index >= 15 is 0 Å². The molecule has 2 nitrogen and oxygen atoms in total. The topological polar surface area (TPSA) is 24.9 Å². The zero-order valence-electron chi connectivity index (χ0n) is 10.3. The van der Waals surface area contributed by atoms with E-state index in [2.05, 4.69) is 10.3 Å². The minimum absolute atomic E-state index is 0.202. The molecular weight excluding hydrogens is 263 g/mol. The average molecular weight is 277 g/mol. The molecule has 1 aliphatic rings. The molecule has 1 saturated carbocycles. The fourth-order valence-electron chi connectivity index (χ4n) is 2.21. The van der Waals surface area contributed by atoms with Crippen molar-refractivity contribution in [2.24, 2.45) is 5.92 Å². The van der Waals surface area contributed by atoms with Crippen LogP contribution in [0.15, 0.2) is 42.6 Å². The van der Waals surface area contributed by atoms with Gasteiger partial charge in [0.05, 0.1) is 17.9 Å². The number of anilines is 1. The van der Waals surface area contributed by atoms with E-state index in [9.17, 15) is 4.39 Å². The lowest BCUT2D eigenvalue weighted by molar-refractivity contribution is 0.622. The molecule has 19 heavy (non-hydrogen) atoms. The third-order valence-corrected chi connectivity index (χ3v) is 3.60. The molecular formula is C15H14ClFN2. The van der Waals surface area contributed by atoms with E-state index in [0.29, 0.717) is 11.1 Å². The number of hydrogen-bond acceptors (Lipinski definition) is 2. The average Bonchev–Trinajstić information content (AvgIpc) is 3.24. The van der Waals surface area contributed by atoms with Gasteiger partial charge in [0.2, 0.25) is 0 Å². The third-order valence-electron chi connectivity index (χ3n) is 3.37. The van der Waals surface area contributed by atoms with Crippen LogP contribution in [0.5, 0.6) is 0 Å². The predicted octanol–water partition coefficient (Wildman–Crippen LogP) is 4.44. The predicted molar refractivity (Wildman–Crippen MR) is 74.7 cm³/mol. The Hall–Kier alpha value is -1.61. The first-order chi connectivity index (χ1) is 9.22. The van der Waals surface area contributed by atoms with Crippen LogP contribution < -0.4 is 5.32 Å². The SMILES string of the molecule is Fc1ccc(C(Nc2ccc(Cl)nc2)C2CC2)cc1. The van der Waals surface area contributed by atoms with E-state index < -0.39 is 0 Å². The minimum atomic E-state index is -0.202. The maximum absolute atomic E-state index is 13.0. The zero-order valence-corrected chi connectivity index (χ0v) is 11.1. The summed E-state index contributed by atoms with van der Waals surface area (Å²) in [6.45, 7) is 0. The molecule has 1 aromatic heterocycles. The van der Waals surface area contributed by atoms with E-state index in [-0.39, 0.29) is 11.9 Å². The van der Waals surface area contributed by atoms with Crippen molar-refractivity contribution >= 4 is 17.3 Å². The summed E-state index contributed by atoms with van der Waals surface area (Å²) in [6.07, 6.45) is 4.13. The van der Waals surface area contributed by atoms with Gasteiger partial charge >= 0.3 is 0 Å². The molecule has 1 fully saturated rings. The van der Waals surface area contributed by atoms with Crippen molar-refractivity contribution in [3.63, 3.8) is 0 Å². The van der Waals surface area contributed by atoms with Crippen LogP contribution >= 0.6 is 11.6 Å². The molecule has 2 aromatic rings. The number of rotatable bonds is 4. The van der Waals surface area contributed by atoms with Gasteiger partial charge < -0.3 is 5.32 Å². The highest BCUT2D eigenvalue weighted by molar-refractivity contribution is 6.29. The van der Waals surface area contributed by atoms with Crippen LogP contribution in [0.4, 0.5) is 10.1 Å². The van der Waals surface area contributed by atoms with Crippen molar-refractivity contribution in [3.05, 3.63) is 59.1 Å². The largest absolute Gasteiger partial charge is 0.377 e. The number of nitrogens with zero attached hydrogens (tertiary/aromatic N) is 1. The Kier molecular flexibility index (Phi) is 3.38. The summed E-state index contributed by atoms with van der Waals surface area (Å²) in [5.74, 6) is 0.410. The van der Waals surface area contributed by atoms with E-state index in [1.54, 1.807) is 12.3 Å². The van der Waals surface area contributed by atoms with Crippen molar-refractivity contribution in [2.45, 2.75) is 18.9 Å². The first-order valence-corrected chi connectivity index (χ1v) is 6.74. The molecule has 1 unspecified atom stereocenters. The van der Waals surface area contributed by atoms with Gasteiger partial charge in [-0.15, -0.1) is 0 Å². The molecule has 1 atom stereocenters. The van der Waals surface area contributed by atoms with Crippen LogP contribution in [-0.4, -0.2) is 4.98 Å². The zero-order chi connectivity index (χ0) is 13.2. The third kappa shape index (κ3) is 3.04. The first-order valence-electron chi connectivity index (χ1n) is 6.36. The highest BCUT2D eigenvalue weighted by Crippen LogP contribution is 2.42. The summed E-state index contributed by atoms with van der Waals surface area (Å²) >= 11 is 5.78. The standard InChI is InChI=1S/C15H14ClFN2/c16-14-8-7-13(9-18-14)19-15(10-1-2-10)11-3-5-12(17)6-4-11/h3-10,15,19H,1-2H2. The van der Waals surface area contributed by atoms with Crippen molar-refractivity contribution < 1.29 is 4.39 Å². The number of nitrogens with one attached hydrogen (secondary N) is 1.